The maximum Gasteiger partial charge on any atom is 0.268 e. The maximum atomic E-state index is 12.4. The van der Waals surface area contributed by atoms with Gasteiger partial charge in [0.1, 0.15) is 17.0 Å². The van der Waals surface area contributed by atoms with Gasteiger partial charge in [-0.2, -0.15) is 0 Å². The van der Waals surface area contributed by atoms with E-state index in [4.69, 9.17) is 10.7 Å². The Morgan fingerprint density at radius 1 is 1.00 bits per heavy atom. The molecule has 0 saturated carbocycles. The second-order valence-electron chi connectivity index (χ2n) is 7.59. The molecule has 2 heterocycles. The Hall–Kier alpha value is -2.62. The van der Waals surface area contributed by atoms with Crippen molar-refractivity contribution in [3.63, 3.8) is 0 Å². The highest BCUT2D eigenvalue weighted by Gasteiger charge is 2.22. The van der Waals surface area contributed by atoms with Gasteiger partial charge in [0, 0.05) is 11.8 Å². The van der Waals surface area contributed by atoms with Crippen LogP contribution in [0.25, 0.3) is 16.9 Å². The van der Waals surface area contributed by atoms with Crippen molar-refractivity contribution in [1.82, 2.24) is 9.38 Å². The van der Waals surface area contributed by atoms with Gasteiger partial charge >= 0.3 is 0 Å². The Morgan fingerprint density at radius 2 is 1.63 bits per heavy atom. The van der Waals surface area contributed by atoms with Crippen LogP contribution in [0.4, 0.5) is 0 Å². The topological polar surface area (TPSA) is 60.4 Å². The van der Waals surface area contributed by atoms with E-state index in [1.807, 2.05) is 10.6 Å². The number of carbonyl (C=O) groups excluding carboxylic acids is 1. The summed E-state index contributed by atoms with van der Waals surface area (Å²) < 4.78 is 1.90. The van der Waals surface area contributed by atoms with Crippen molar-refractivity contribution in [2.24, 2.45) is 5.73 Å². The minimum atomic E-state index is -0.448. The number of carbonyl (C=O) groups is 1. The molecule has 2 aromatic heterocycles. The van der Waals surface area contributed by atoms with E-state index in [0.29, 0.717) is 17.3 Å². The number of aromatic nitrogens is 2. The lowest BCUT2D eigenvalue weighted by Crippen LogP contribution is -2.16. The van der Waals surface area contributed by atoms with Crippen molar-refractivity contribution in [2.75, 3.05) is 0 Å². The van der Waals surface area contributed by atoms with Crippen LogP contribution in [0.2, 0.25) is 0 Å². The van der Waals surface area contributed by atoms with Gasteiger partial charge in [-0.1, -0.05) is 26.0 Å². The summed E-state index contributed by atoms with van der Waals surface area (Å²) in [4.78, 5) is 17.3. The zero-order valence-electron chi connectivity index (χ0n) is 17.2. The minimum Gasteiger partial charge on any atom is -0.364 e. The van der Waals surface area contributed by atoms with Crippen molar-refractivity contribution in [1.29, 1.82) is 0 Å². The second-order valence-corrected chi connectivity index (χ2v) is 7.59. The van der Waals surface area contributed by atoms with Crippen molar-refractivity contribution < 1.29 is 4.79 Å². The van der Waals surface area contributed by atoms with Crippen LogP contribution < -0.4 is 5.73 Å². The highest BCUT2D eigenvalue weighted by molar-refractivity contribution is 5.99. The van der Waals surface area contributed by atoms with Crippen LogP contribution in [-0.2, 0) is 0 Å². The van der Waals surface area contributed by atoms with Crippen LogP contribution in [0.15, 0.2) is 24.4 Å². The Kier molecular flexibility index (Phi) is 5.09. The number of pyridine rings is 1. The third-order valence-electron chi connectivity index (χ3n) is 5.71. The third-order valence-corrected chi connectivity index (χ3v) is 5.71. The summed E-state index contributed by atoms with van der Waals surface area (Å²) in [7, 11) is 0. The summed E-state index contributed by atoms with van der Waals surface area (Å²) in [5, 5.41) is 0. The SMILES string of the molecule is CCC(CC)c1cc(C)c2nc(-c3cc(C)c(C)cc3C)c(C(N)=O)n2c1. The zero-order chi connectivity index (χ0) is 19.9. The number of primary amides is 1. The first-order valence-electron chi connectivity index (χ1n) is 9.69. The summed E-state index contributed by atoms with van der Waals surface area (Å²) in [5.41, 5.74) is 14.5. The van der Waals surface area contributed by atoms with Crippen LogP contribution in [0, 0.1) is 27.7 Å². The first kappa shape index (κ1) is 19.2. The average molecular weight is 364 g/mol. The quantitative estimate of drug-likeness (QED) is 0.674. The van der Waals surface area contributed by atoms with Crippen molar-refractivity contribution >= 4 is 11.6 Å². The highest BCUT2D eigenvalue weighted by atomic mass is 16.1. The molecule has 3 rings (SSSR count). The Bertz CT molecular complexity index is 1030. The number of imidazole rings is 1. The van der Waals surface area contributed by atoms with Gasteiger partial charge in [0.25, 0.3) is 5.91 Å². The first-order valence-corrected chi connectivity index (χ1v) is 9.69. The van der Waals surface area contributed by atoms with Crippen LogP contribution in [0.5, 0.6) is 0 Å². The molecule has 4 heteroatoms. The van der Waals surface area contributed by atoms with Gasteiger partial charge in [0.2, 0.25) is 0 Å². The van der Waals surface area contributed by atoms with E-state index in [2.05, 4.69) is 59.7 Å². The first-order chi connectivity index (χ1) is 12.8. The van der Waals surface area contributed by atoms with E-state index in [9.17, 15) is 4.79 Å². The van der Waals surface area contributed by atoms with Gasteiger partial charge in [-0.25, -0.2) is 4.98 Å². The maximum absolute atomic E-state index is 12.4. The molecule has 27 heavy (non-hydrogen) atoms. The number of benzene rings is 1. The predicted molar refractivity (Wildman–Crippen MR) is 111 cm³/mol. The third kappa shape index (κ3) is 3.25. The highest BCUT2D eigenvalue weighted by Crippen LogP contribution is 2.32. The molecular formula is C23H29N3O. The van der Waals surface area contributed by atoms with Crippen LogP contribution in [-0.4, -0.2) is 15.3 Å². The molecule has 1 aromatic carbocycles. The molecule has 0 aliphatic heterocycles. The molecule has 0 saturated heterocycles. The fourth-order valence-corrected chi connectivity index (χ4v) is 3.96. The van der Waals surface area contributed by atoms with E-state index in [1.165, 1.54) is 16.7 Å². The Balaban J connectivity index is 2.35. The molecule has 0 radical (unpaired) electrons. The number of hydrogen-bond acceptors (Lipinski definition) is 2. The molecule has 0 spiro atoms. The molecule has 4 nitrogen and oxygen atoms in total. The number of aryl methyl sites for hydroxylation is 4. The van der Waals surface area contributed by atoms with Gasteiger partial charge in [-0.3, -0.25) is 9.20 Å². The number of amides is 1. The molecule has 0 aliphatic carbocycles. The molecule has 0 bridgehead atoms. The molecule has 0 aliphatic rings. The van der Waals surface area contributed by atoms with E-state index < -0.39 is 5.91 Å². The lowest BCUT2D eigenvalue weighted by atomic mass is 9.94. The van der Waals surface area contributed by atoms with Crippen LogP contribution in [0.1, 0.15) is 70.9 Å². The van der Waals surface area contributed by atoms with Crippen molar-refractivity contribution in [3.05, 3.63) is 57.9 Å². The number of rotatable bonds is 5. The monoisotopic (exact) mass is 363 g/mol. The molecule has 3 aromatic rings. The molecule has 142 valence electrons. The summed E-state index contributed by atoms with van der Waals surface area (Å²) in [5.74, 6) is 0.0132. The van der Waals surface area contributed by atoms with Gasteiger partial charge in [-0.05, 0) is 80.3 Å². The van der Waals surface area contributed by atoms with Crippen molar-refractivity contribution in [3.8, 4) is 11.3 Å². The van der Waals surface area contributed by atoms with Crippen molar-refractivity contribution in [2.45, 2.75) is 60.3 Å². The van der Waals surface area contributed by atoms with E-state index in [-0.39, 0.29) is 0 Å². The summed E-state index contributed by atoms with van der Waals surface area (Å²) in [6.45, 7) is 12.7. The largest absolute Gasteiger partial charge is 0.364 e. The zero-order valence-corrected chi connectivity index (χ0v) is 17.2. The van der Waals surface area contributed by atoms with E-state index in [1.54, 1.807) is 0 Å². The smallest absolute Gasteiger partial charge is 0.268 e. The van der Waals surface area contributed by atoms with E-state index >= 15 is 0 Å². The Morgan fingerprint density at radius 3 is 2.22 bits per heavy atom. The standard InChI is InChI=1S/C23H29N3O/c1-7-17(8-2)18-10-16(6)23-25-20(21(22(24)27)26(23)12-18)19-11-14(4)13(3)9-15(19)5/h9-12,17H,7-8H2,1-6H3,(H2,24,27). The fraction of sp³-hybridized carbons (Fsp3) is 0.391. The predicted octanol–water partition coefficient (Wildman–Crippen LogP) is 5.24. The summed E-state index contributed by atoms with van der Waals surface area (Å²) >= 11 is 0. The molecule has 0 atom stereocenters. The number of nitrogens with zero attached hydrogens (tertiary/aromatic N) is 2. The molecule has 1 amide bonds. The van der Waals surface area contributed by atoms with Gasteiger partial charge in [0.15, 0.2) is 0 Å². The Labute approximate surface area is 161 Å². The lowest BCUT2D eigenvalue weighted by molar-refractivity contribution is 0.0995. The van der Waals surface area contributed by atoms with Gasteiger partial charge in [0.05, 0.1) is 0 Å². The molecule has 0 fully saturated rings. The number of hydrogen-bond donors (Lipinski definition) is 1. The molecule has 0 unspecified atom stereocenters. The number of fused-ring (bicyclic) bond motifs is 1. The van der Waals surface area contributed by atoms with Crippen LogP contribution in [0.3, 0.4) is 0 Å². The second kappa shape index (κ2) is 7.18. The lowest BCUT2D eigenvalue weighted by Gasteiger charge is -2.15. The molecular weight excluding hydrogens is 334 g/mol. The number of nitrogens with two attached hydrogens (primary N) is 1. The normalized spacial score (nSPS) is 11.5. The average Bonchev–Trinajstić information content (AvgIpc) is 2.99. The minimum absolute atomic E-state index is 0.448. The molecule has 2 N–H and O–H groups in total. The fourth-order valence-electron chi connectivity index (χ4n) is 3.96. The van der Waals surface area contributed by atoms with Gasteiger partial charge in [-0.15, -0.1) is 0 Å². The summed E-state index contributed by atoms with van der Waals surface area (Å²) in [6.07, 6.45) is 4.17. The summed E-state index contributed by atoms with van der Waals surface area (Å²) in [6, 6.07) is 6.44. The van der Waals surface area contributed by atoms with E-state index in [0.717, 1.165) is 35.2 Å². The van der Waals surface area contributed by atoms with Crippen LogP contribution >= 0.6 is 0 Å². The van der Waals surface area contributed by atoms with Gasteiger partial charge < -0.3 is 5.73 Å².